The van der Waals surface area contributed by atoms with Gasteiger partial charge in [-0.3, -0.25) is 24.3 Å². The number of methoxy groups -OCH3 is 3. The van der Waals surface area contributed by atoms with Crippen LogP contribution in [0.5, 0.6) is 23.0 Å². The molecule has 1 atom stereocenters. The quantitative estimate of drug-likeness (QED) is 0.0398. The fraction of sp³-hybridized carbons (Fsp3) is 0.286. The van der Waals surface area contributed by atoms with Crippen LogP contribution < -0.4 is 33.6 Å². The molecule has 8 rings (SSSR count). The SMILES string of the molecule is [CH-]=Nc1cc(OCc2cc(COc3cc4c(cc3OC)C(=O)N3c5ccccc5C[C@H]3C=N4)cc(N(C)CCOCCC(=O)OC)c2)c(OC)cc1C(=O)N1CCc2ccccc21. The van der Waals surface area contributed by atoms with Crippen molar-refractivity contribution >= 4 is 59.2 Å². The zero-order valence-electron chi connectivity index (χ0n) is 35.7. The van der Waals surface area contributed by atoms with E-state index in [-0.39, 0.29) is 55.8 Å². The van der Waals surface area contributed by atoms with Crippen molar-refractivity contribution in [3.8, 4) is 23.0 Å². The van der Waals surface area contributed by atoms with Crippen LogP contribution in [-0.4, -0.2) is 91.4 Å². The van der Waals surface area contributed by atoms with Gasteiger partial charge in [0.25, 0.3) is 5.91 Å². The van der Waals surface area contributed by atoms with Gasteiger partial charge in [-0.05, 0) is 76.7 Å². The average molecular weight is 851 g/mol. The Morgan fingerprint density at radius 3 is 2.22 bits per heavy atom. The molecule has 3 heterocycles. The van der Waals surface area contributed by atoms with E-state index in [9.17, 15) is 14.4 Å². The van der Waals surface area contributed by atoms with Crippen LogP contribution in [0, 0.1) is 0 Å². The van der Waals surface area contributed by atoms with E-state index in [4.69, 9.17) is 40.1 Å². The molecule has 2 amide bonds. The Bertz CT molecular complexity index is 2590. The summed E-state index contributed by atoms with van der Waals surface area (Å²) in [5.41, 5.74) is 7.89. The average Bonchev–Trinajstić information content (AvgIpc) is 3.89. The Kier molecular flexibility index (Phi) is 12.7. The first-order chi connectivity index (χ1) is 30.7. The highest BCUT2D eigenvalue weighted by Crippen LogP contribution is 2.42. The van der Waals surface area contributed by atoms with Gasteiger partial charge in [0.2, 0.25) is 5.91 Å². The van der Waals surface area contributed by atoms with Crippen molar-refractivity contribution < 1.29 is 42.8 Å². The molecular formula is C49H48N5O9-. The van der Waals surface area contributed by atoms with Gasteiger partial charge >= 0.3 is 5.97 Å². The largest absolute Gasteiger partial charge is 0.493 e. The molecule has 0 fully saturated rings. The van der Waals surface area contributed by atoms with E-state index in [0.29, 0.717) is 65.9 Å². The van der Waals surface area contributed by atoms with Crippen molar-refractivity contribution in [1.29, 1.82) is 0 Å². The van der Waals surface area contributed by atoms with E-state index in [2.05, 4.69) is 4.99 Å². The van der Waals surface area contributed by atoms with Crippen molar-refractivity contribution in [2.24, 2.45) is 9.98 Å². The number of aliphatic imine (C=N–C) groups is 2. The van der Waals surface area contributed by atoms with E-state index >= 15 is 0 Å². The molecule has 0 saturated heterocycles. The maximum absolute atomic E-state index is 14.0. The van der Waals surface area contributed by atoms with Crippen molar-refractivity contribution in [1.82, 2.24) is 0 Å². The van der Waals surface area contributed by atoms with Gasteiger partial charge in [-0.1, -0.05) is 48.2 Å². The van der Waals surface area contributed by atoms with Crippen molar-refractivity contribution in [3.05, 3.63) is 124 Å². The molecule has 0 aliphatic carbocycles. The van der Waals surface area contributed by atoms with Crippen LogP contribution in [0.2, 0.25) is 0 Å². The minimum atomic E-state index is -0.334. The number of hydrogen-bond donors (Lipinski definition) is 0. The minimum Gasteiger partial charge on any atom is -0.493 e. The lowest BCUT2D eigenvalue weighted by atomic mass is 10.1. The zero-order valence-corrected chi connectivity index (χ0v) is 35.7. The molecule has 5 aromatic carbocycles. The molecule has 5 aromatic rings. The van der Waals surface area contributed by atoms with Crippen molar-refractivity contribution in [2.45, 2.75) is 38.5 Å². The van der Waals surface area contributed by atoms with Crippen LogP contribution in [0.4, 0.5) is 28.4 Å². The third-order valence-corrected chi connectivity index (χ3v) is 11.4. The van der Waals surface area contributed by atoms with Crippen LogP contribution in [-0.2, 0) is 40.3 Å². The summed E-state index contributed by atoms with van der Waals surface area (Å²) in [7, 11) is 6.34. The summed E-state index contributed by atoms with van der Waals surface area (Å²) in [6, 6.07) is 28.2. The second kappa shape index (κ2) is 18.8. The smallest absolute Gasteiger partial charge is 0.307 e. The summed E-state index contributed by atoms with van der Waals surface area (Å²) in [4.78, 5) is 53.7. The normalized spacial score (nSPS) is 14.5. The standard InChI is InChI=1S/C49H48N5O9/c1-50-39-26-45(43(58-3)24-37(39)48(56)53-16-14-33-10-6-8-12-41(33)53)62-29-31-20-32(22-35(21-31)52(2)17-19-61-18-15-47(55)60-5)30-63-46-27-40-38(25-44(46)59-4)49(57)54-36(28-51-40)23-34-11-7-9-13-42(34)54/h1,6-13,20-22,24-28,36H,14-19,23,29-30H2,2-5H3/q-1/t36-/m0/s1. The van der Waals surface area contributed by atoms with Crippen LogP contribution in [0.1, 0.15) is 49.4 Å². The van der Waals surface area contributed by atoms with Crippen LogP contribution in [0.25, 0.3) is 0 Å². The number of esters is 1. The number of ether oxygens (including phenoxy) is 6. The number of carbonyl (C=O) groups is 3. The van der Waals surface area contributed by atoms with Crippen molar-refractivity contribution in [3.63, 3.8) is 0 Å². The first kappa shape index (κ1) is 42.5. The molecule has 14 nitrogen and oxygen atoms in total. The second-order valence-corrected chi connectivity index (χ2v) is 15.3. The van der Waals surface area contributed by atoms with Gasteiger partial charge in [-0.25, -0.2) is 0 Å². The summed E-state index contributed by atoms with van der Waals surface area (Å²) in [5.74, 6) is 0.796. The summed E-state index contributed by atoms with van der Waals surface area (Å²) < 4.78 is 34.8. The van der Waals surface area contributed by atoms with Crippen LogP contribution >= 0.6 is 0 Å². The highest BCUT2D eigenvalue weighted by molar-refractivity contribution is 6.15. The topological polar surface area (TPSA) is 141 Å². The van der Waals surface area contributed by atoms with Crippen LogP contribution in [0.3, 0.4) is 0 Å². The molecule has 0 bridgehead atoms. The number of nitrogens with zero attached hydrogens (tertiary/aromatic N) is 5. The molecule has 324 valence electrons. The van der Waals surface area contributed by atoms with E-state index in [1.165, 1.54) is 21.3 Å². The predicted molar refractivity (Wildman–Crippen MR) is 241 cm³/mol. The number of rotatable bonds is 17. The van der Waals surface area contributed by atoms with Crippen LogP contribution in [0.15, 0.2) is 101 Å². The molecule has 0 N–H and O–H groups in total. The maximum atomic E-state index is 14.0. The first-order valence-corrected chi connectivity index (χ1v) is 20.6. The lowest BCUT2D eigenvalue weighted by Gasteiger charge is -2.24. The zero-order chi connectivity index (χ0) is 44.0. The van der Waals surface area contributed by atoms with Gasteiger partial charge in [0.15, 0.2) is 17.2 Å². The summed E-state index contributed by atoms with van der Waals surface area (Å²) >= 11 is 0. The first-order valence-electron chi connectivity index (χ1n) is 20.6. The Labute approximate surface area is 366 Å². The van der Waals surface area contributed by atoms with E-state index in [0.717, 1.165) is 45.7 Å². The number of benzene rings is 5. The predicted octanol–water partition coefficient (Wildman–Crippen LogP) is 7.58. The van der Waals surface area contributed by atoms with Gasteiger partial charge in [0.1, 0.15) is 19.0 Å². The molecule has 3 aliphatic heterocycles. The Balaban J connectivity index is 1.03. The number of likely N-dealkylation sites (N-methyl/N-ethyl adjacent to an activating group) is 1. The number of carbonyl (C=O) groups excluding carboxylic acids is 3. The van der Waals surface area contributed by atoms with Crippen molar-refractivity contribution in [2.75, 3.05) is 69.4 Å². The number of fused-ring (bicyclic) bond motifs is 5. The lowest BCUT2D eigenvalue weighted by molar-refractivity contribution is -0.141. The van der Waals surface area contributed by atoms with Gasteiger partial charge in [-0.2, -0.15) is 6.72 Å². The molecule has 63 heavy (non-hydrogen) atoms. The number of anilines is 3. The molecule has 0 spiro atoms. The lowest BCUT2D eigenvalue weighted by Crippen LogP contribution is -2.37. The highest BCUT2D eigenvalue weighted by Gasteiger charge is 2.36. The van der Waals surface area contributed by atoms with Gasteiger partial charge in [0.05, 0.1) is 58.3 Å². The maximum Gasteiger partial charge on any atom is 0.307 e. The number of hydrogen-bond acceptors (Lipinski definition) is 12. The molecule has 0 aromatic heterocycles. The van der Waals surface area contributed by atoms with E-state index in [1.807, 2.05) is 84.9 Å². The van der Waals surface area contributed by atoms with Gasteiger partial charge in [-0.15, -0.1) is 0 Å². The number of amides is 2. The third kappa shape index (κ3) is 8.93. The fourth-order valence-electron chi connectivity index (χ4n) is 8.13. The van der Waals surface area contributed by atoms with Gasteiger partial charge in [0, 0.05) is 55.9 Å². The van der Waals surface area contributed by atoms with E-state index < -0.39 is 0 Å². The summed E-state index contributed by atoms with van der Waals surface area (Å²) in [6.07, 6.45) is 3.43. The second-order valence-electron chi connectivity index (χ2n) is 15.3. The third-order valence-electron chi connectivity index (χ3n) is 11.4. The summed E-state index contributed by atoms with van der Waals surface area (Å²) in [6.45, 7) is 7.78. The molecule has 0 radical (unpaired) electrons. The Hall–Kier alpha value is -7.19. The van der Waals surface area contributed by atoms with E-state index in [1.54, 1.807) is 34.1 Å². The Morgan fingerprint density at radius 1 is 0.825 bits per heavy atom. The summed E-state index contributed by atoms with van der Waals surface area (Å²) in [5, 5.41) is 0. The molecule has 0 saturated carbocycles. The fourth-order valence-corrected chi connectivity index (χ4v) is 8.13. The highest BCUT2D eigenvalue weighted by atomic mass is 16.5. The molecular weight excluding hydrogens is 803 g/mol. The number of para-hydroxylation sites is 2. The van der Waals surface area contributed by atoms with Gasteiger partial charge < -0.3 is 43.2 Å². The molecule has 3 aliphatic rings. The molecule has 0 unspecified atom stereocenters. The molecule has 14 heteroatoms. The monoisotopic (exact) mass is 850 g/mol. The minimum absolute atomic E-state index is 0.108. The Morgan fingerprint density at radius 2 is 1.51 bits per heavy atom.